The Morgan fingerprint density at radius 2 is 1.96 bits per heavy atom. The molecule has 0 radical (unpaired) electrons. The first kappa shape index (κ1) is 13.4. The van der Waals surface area contributed by atoms with Gasteiger partial charge in [0.25, 0.3) is 5.91 Å². The molecule has 0 atom stereocenters. The molecule has 4 aromatic rings. The van der Waals surface area contributed by atoms with Gasteiger partial charge in [-0.05, 0) is 30.3 Å². The highest BCUT2D eigenvalue weighted by atomic mass is 16.2. The van der Waals surface area contributed by atoms with Crippen molar-refractivity contribution in [3.8, 4) is 0 Å². The van der Waals surface area contributed by atoms with Gasteiger partial charge >= 0.3 is 5.69 Å². The van der Waals surface area contributed by atoms with Crippen molar-refractivity contribution in [3.63, 3.8) is 0 Å². The SMILES string of the molecule is Cn1c(NC(=O)c2cc3cccn3c(=O)[nH]2)cc2ccccc21. The summed E-state index contributed by atoms with van der Waals surface area (Å²) in [6.45, 7) is 0. The minimum atomic E-state index is -0.350. The summed E-state index contributed by atoms with van der Waals surface area (Å²) >= 11 is 0. The van der Waals surface area contributed by atoms with Gasteiger partial charge in [0.15, 0.2) is 0 Å². The van der Waals surface area contributed by atoms with E-state index in [2.05, 4.69) is 10.3 Å². The lowest BCUT2D eigenvalue weighted by Gasteiger charge is -2.07. The lowest BCUT2D eigenvalue weighted by Crippen LogP contribution is -2.23. The van der Waals surface area contributed by atoms with Gasteiger partial charge in [-0.1, -0.05) is 18.2 Å². The highest BCUT2D eigenvalue weighted by Gasteiger charge is 2.12. The third-order valence-electron chi connectivity index (χ3n) is 3.97. The summed E-state index contributed by atoms with van der Waals surface area (Å²) in [5.41, 5.74) is 1.59. The molecule has 0 aliphatic carbocycles. The zero-order valence-electron chi connectivity index (χ0n) is 12.4. The number of fused-ring (bicyclic) bond motifs is 2. The first-order valence-corrected chi connectivity index (χ1v) is 7.20. The van der Waals surface area contributed by atoms with E-state index in [1.807, 2.05) is 41.9 Å². The second-order valence-electron chi connectivity index (χ2n) is 5.39. The molecule has 6 nitrogen and oxygen atoms in total. The van der Waals surface area contributed by atoms with E-state index < -0.39 is 0 Å². The third-order valence-corrected chi connectivity index (χ3v) is 3.97. The maximum Gasteiger partial charge on any atom is 0.330 e. The fourth-order valence-electron chi connectivity index (χ4n) is 2.77. The summed E-state index contributed by atoms with van der Waals surface area (Å²) < 4.78 is 3.36. The number of hydrogen-bond acceptors (Lipinski definition) is 2. The average Bonchev–Trinajstić information content (AvgIpc) is 3.13. The molecule has 6 heteroatoms. The molecule has 0 aliphatic rings. The van der Waals surface area contributed by atoms with E-state index in [1.165, 1.54) is 4.40 Å². The second-order valence-corrected chi connectivity index (χ2v) is 5.39. The Labute approximate surface area is 131 Å². The number of para-hydroxylation sites is 1. The van der Waals surface area contributed by atoms with Crippen LogP contribution in [-0.2, 0) is 7.05 Å². The zero-order valence-corrected chi connectivity index (χ0v) is 12.4. The first-order chi connectivity index (χ1) is 11.1. The summed E-state index contributed by atoms with van der Waals surface area (Å²) in [6.07, 6.45) is 1.65. The van der Waals surface area contributed by atoms with Gasteiger partial charge in [0.2, 0.25) is 0 Å². The molecule has 0 bridgehead atoms. The monoisotopic (exact) mass is 306 g/mol. The minimum absolute atomic E-state index is 0.228. The molecule has 0 unspecified atom stereocenters. The predicted molar refractivity (Wildman–Crippen MR) is 88.9 cm³/mol. The lowest BCUT2D eigenvalue weighted by molar-refractivity contribution is 0.102. The van der Waals surface area contributed by atoms with Crippen molar-refractivity contribution in [1.29, 1.82) is 0 Å². The number of aromatic nitrogens is 3. The van der Waals surface area contributed by atoms with Gasteiger partial charge in [-0.25, -0.2) is 4.79 Å². The molecule has 23 heavy (non-hydrogen) atoms. The Kier molecular flexibility index (Phi) is 2.84. The minimum Gasteiger partial charge on any atom is -0.330 e. The maximum absolute atomic E-state index is 12.5. The van der Waals surface area contributed by atoms with Gasteiger partial charge in [0.05, 0.1) is 5.52 Å². The van der Waals surface area contributed by atoms with Crippen LogP contribution in [-0.4, -0.2) is 19.9 Å². The van der Waals surface area contributed by atoms with Crippen LogP contribution in [0, 0.1) is 0 Å². The highest BCUT2D eigenvalue weighted by Crippen LogP contribution is 2.22. The van der Waals surface area contributed by atoms with Crippen molar-refractivity contribution >= 4 is 28.1 Å². The molecule has 114 valence electrons. The largest absolute Gasteiger partial charge is 0.330 e. The third kappa shape index (κ3) is 2.12. The van der Waals surface area contributed by atoms with Crippen molar-refractivity contribution in [2.75, 3.05) is 5.32 Å². The van der Waals surface area contributed by atoms with Crippen LogP contribution >= 0.6 is 0 Å². The molecule has 0 saturated heterocycles. The molecule has 4 rings (SSSR count). The number of carbonyl (C=O) groups is 1. The maximum atomic E-state index is 12.5. The molecular weight excluding hydrogens is 292 g/mol. The fourth-order valence-corrected chi connectivity index (χ4v) is 2.77. The van der Waals surface area contributed by atoms with Gasteiger partial charge in [0.1, 0.15) is 11.5 Å². The number of H-pyrrole nitrogens is 1. The average molecular weight is 306 g/mol. The van der Waals surface area contributed by atoms with Crippen LogP contribution in [0.3, 0.4) is 0 Å². The number of aryl methyl sites for hydroxylation is 1. The van der Waals surface area contributed by atoms with Gasteiger partial charge in [-0.15, -0.1) is 0 Å². The number of carbonyl (C=O) groups excluding carboxylic acids is 1. The Morgan fingerprint density at radius 1 is 1.13 bits per heavy atom. The van der Waals surface area contributed by atoms with Gasteiger partial charge in [-0.2, -0.15) is 0 Å². The Hall–Kier alpha value is -3.28. The normalized spacial score (nSPS) is 11.2. The van der Waals surface area contributed by atoms with Crippen molar-refractivity contribution in [2.45, 2.75) is 0 Å². The Morgan fingerprint density at radius 3 is 2.78 bits per heavy atom. The first-order valence-electron chi connectivity index (χ1n) is 7.20. The molecule has 1 amide bonds. The van der Waals surface area contributed by atoms with Crippen LogP contribution in [0.4, 0.5) is 5.82 Å². The summed E-state index contributed by atoms with van der Waals surface area (Å²) in [5, 5.41) is 3.89. The molecule has 3 aromatic heterocycles. The summed E-state index contributed by atoms with van der Waals surface area (Å²) in [6, 6.07) is 15.0. The smallest absolute Gasteiger partial charge is 0.330 e. The van der Waals surface area contributed by atoms with Crippen molar-refractivity contribution in [1.82, 2.24) is 14.0 Å². The van der Waals surface area contributed by atoms with Crippen molar-refractivity contribution in [3.05, 3.63) is 70.9 Å². The van der Waals surface area contributed by atoms with Crippen LogP contribution in [0.25, 0.3) is 16.4 Å². The molecular formula is C17H14N4O2. The second kappa shape index (κ2) is 4.88. The fraction of sp³-hybridized carbons (Fsp3) is 0.0588. The molecule has 1 aromatic carbocycles. The Balaban J connectivity index is 1.73. The number of hydrogen-bond donors (Lipinski definition) is 2. The summed E-state index contributed by atoms with van der Waals surface area (Å²) in [7, 11) is 1.89. The topological polar surface area (TPSA) is 71.3 Å². The van der Waals surface area contributed by atoms with E-state index in [9.17, 15) is 9.59 Å². The van der Waals surface area contributed by atoms with Gasteiger partial charge in [0, 0.05) is 24.1 Å². The van der Waals surface area contributed by atoms with E-state index in [0.717, 1.165) is 10.9 Å². The number of rotatable bonds is 2. The predicted octanol–water partition coefficient (Wildman–Crippen LogP) is 2.37. The number of nitrogens with zero attached hydrogens (tertiary/aromatic N) is 2. The van der Waals surface area contributed by atoms with E-state index in [0.29, 0.717) is 11.3 Å². The van der Waals surface area contributed by atoms with Crippen LogP contribution < -0.4 is 11.0 Å². The molecule has 0 saturated carbocycles. The van der Waals surface area contributed by atoms with Crippen LogP contribution in [0.15, 0.2) is 59.5 Å². The van der Waals surface area contributed by atoms with Crippen LogP contribution in [0.5, 0.6) is 0 Å². The number of amides is 1. The highest BCUT2D eigenvalue weighted by molar-refractivity contribution is 6.04. The number of benzene rings is 1. The van der Waals surface area contributed by atoms with Gasteiger partial charge < -0.3 is 14.9 Å². The Bertz CT molecular complexity index is 1100. The van der Waals surface area contributed by atoms with E-state index in [4.69, 9.17) is 0 Å². The van der Waals surface area contributed by atoms with Gasteiger partial charge in [-0.3, -0.25) is 9.20 Å². The van der Waals surface area contributed by atoms with Crippen LogP contribution in [0.1, 0.15) is 10.5 Å². The van der Waals surface area contributed by atoms with E-state index in [-0.39, 0.29) is 17.3 Å². The van der Waals surface area contributed by atoms with E-state index >= 15 is 0 Å². The van der Waals surface area contributed by atoms with Crippen LogP contribution in [0.2, 0.25) is 0 Å². The lowest BCUT2D eigenvalue weighted by atomic mass is 10.2. The molecule has 3 heterocycles. The zero-order chi connectivity index (χ0) is 16.0. The molecule has 0 fully saturated rings. The number of nitrogens with one attached hydrogen (secondary N) is 2. The number of aromatic amines is 1. The van der Waals surface area contributed by atoms with E-state index in [1.54, 1.807) is 24.4 Å². The molecule has 2 N–H and O–H groups in total. The quantitative estimate of drug-likeness (QED) is 0.597. The number of anilines is 1. The molecule has 0 spiro atoms. The van der Waals surface area contributed by atoms with Crippen molar-refractivity contribution < 1.29 is 4.79 Å². The molecule has 0 aliphatic heterocycles. The summed E-state index contributed by atoms with van der Waals surface area (Å²) in [5.74, 6) is 0.323. The standard InChI is InChI=1S/C17H14N4O2/c1-20-14-7-3-2-5-11(14)9-15(20)19-16(22)13-10-12-6-4-8-21(12)17(23)18-13/h2-10H,1H3,(H,18,23)(H,19,22). The summed E-state index contributed by atoms with van der Waals surface area (Å²) in [4.78, 5) is 27.0. The van der Waals surface area contributed by atoms with Crippen molar-refractivity contribution in [2.24, 2.45) is 7.05 Å².